The van der Waals surface area contributed by atoms with Gasteiger partial charge in [-0.3, -0.25) is 4.79 Å². The van der Waals surface area contributed by atoms with Crippen LogP contribution in [0.15, 0.2) is 12.1 Å². The molecule has 2 heterocycles. The molecule has 0 aromatic carbocycles. The van der Waals surface area contributed by atoms with Gasteiger partial charge in [-0.1, -0.05) is 0 Å². The summed E-state index contributed by atoms with van der Waals surface area (Å²) in [6, 6.07) is 1.46. The Balaban J connectivity index is 2.40. The van der Waals surface area contributed by atoms with Gasteiger partial charge in [0.15, 0.2) is 0 Å². The van der Waals surface area contributed by atoms with Crippen LogP contribution in [-0.4, -0.2) is 37.6 Å². The highest BCUT2D eigenvalue weighted by atomic mass is 19.4. The Morgan fingerprint density at radius 2 is 2.10 bits per heavy atom. The number of alkyl halides is 3. The predicted molar refractivity (Wildman–Crippen MR) is 73.2 cm³/mol. The first-order valence-corrected chi connectivity index (χ1v) is 6.62. The summed E-state index contributed by atoms with van der Waals surface area (Å²) in [5.41, 5.74) is -0.778. The lowest BCUT2D eigenvalue weighted by molar-refractivity contribution is -0.137. The number of hydrogen-bond donors (Lipinski definition) is 2. The first kappa shape index (κ1) is 15.4. The number of aromatic nitrogens is 1. The number of amides is 1. The Kier molecular flexibility index (Phi) is 4.24. The number of likely N-dealkylation sites (N-methyl/N-ethyl adjacent to an activating group) is 1. The van der Waals surface area contributed by atoms with E-state index in [0.29, 0.717) is 13.0 Å². The molecule has 2 N–H and O–H groups in total. The SMILES string of the molecule is CNC(=O)C1CCCN1c1cc(C(F)(F)F)cc(NC)n1. The minimum absolute atomic E-state index is 0.127. The van der Waals surface area contributed by atoms with Crippen molar-refractivity contribution in [3.05, 3.63) is 17.7 Å². The zero-order valence-electron chi connectivity index (χ0n) is 11.8. The molecule has 1 saturated heterocycles. The molecule has 1 aromatic rings. The Morgan fingerprint density at radius 3 is 2.67 bits per heavy atom. The third kappa shape index (κ3) is 3.20. The largest absolute Gasteiger partial charge is 0.416 e. The van der Waals surface area contributed by atoms with Gasteiger partial charge < -0.3 is 15.5 Å². The van der Waals surface area contributed by atoms with Gasteiger partial charge >= 0.3 is 6.18 Å². The summed E-state index contributed by atoms with van der Waals surface area (Å²) in [6.07, 6.45) is -3.11. The summed E-state index contributed by atoms with van der Waals surface area (Å²) >= 11 is 0. The maximum Gasteiger partial charge on any atom is 0.416 e. The van der Waals surface area contributed by atoms with Gasteiger partial charge in [-0.15, -0.1) is 0 Å². The van der Waals surface area contributed by atoms with Crippen molar-refractivity contribution >= 4 is 17.5 Å². The zero-order valence-corrected chi connectivity index (χ0v) is 11.8. The lowest BCUT2D eigenvalue weighted by Crippen LogP contribution is -2.42. The van der Waals surface area contributed by atoms with Gasteiger partial charge in [0, 0.05) is 20.6 Å². The molecular formula is C13H17F3N4O. The van der Waals surface area contributed by atoms with Gasteiger partial charge in [0.1, 0.15) is 17.7 Å². The molecule has 116 valence electrons. The van der Waals surface area contributed by atoms with Crippen molar-refractivity contribution in [3.63, 3.8) is 0 Å². The van der Waals surface area contributed by atoms with Crippen LogP contribution < -0.4 is 15.5 Å². The van der Waals surface area contributed by atoms with Crippen LogP contribution in [0.5, 0.6) is 0 Å². The molecule has 1 fully saturated rings. The highest BCUT2D eigenvalue weighted by Crippen LogP contribution is 2.34. The van der Waals surface area contributed by atoms with Gasteiger partial charge in [0.25, 0.3) is 0 Å². The van der Waals surface area contributed by atoms with Gasteiger partial charge in [0.2, 0.25) is 5.91 Å². The summed E-state index contributed by atoms with van der Waals surface area (Å²) < 4.78 is 38.8. The van der Waals surface area contributed by atoms with Crippen LogP contribution in [0, 0.1) is 0 Å². The van der Waals surface area contributed by atoms with Gasteiger partial charge in [0.05, 0.1) is 5.56 Å². The van der Waals surface area contributed by atoms with Crippen LogP contribution >= 0.6 is 0 Å². The summed E-state index contributed by atoms with van der Waals surface area (Å²) in [4.78, 5) is 17.6. The minimum Gasteiger partial charge on any atom is -0.373 e. The van der Waals surface area contributed by atoms with Crippen LogP contribution in [0.4, 0.5) is 24.8 Å². The summed E-state index contributed by atoms with van der Waals surface area (Å²) in [7, 11) is 3.02. The third-order valence-electron chi connectivity index (χ3n) is 3.49. The molecule has 1 unspecified atom stereocenters. The summed E-state index contributed by atoms with van der Waals surface area (Å²) in [5.74, 6) is 0.0837. The van der Waals surface area contributed by atoms with E-state index in [4.69, 9.17) is 0 Å². The first-order chi connectivity index (χ1) is 9.86. The molecule has 21 heavy (non-hydrogen) atoms. The molecule has 2 rings (SSSR count). The lowest BCUT2D eigenvalue weighted by atomic mass is 10.2. The Hall–Kier alpha value is -1.99. The number of rotatable bonds is 3. The molecule has 0 spiro atoms. The number of nitrogens with zero attached hydrogens (tertiary/aromatic N) is 2. The topological polar surface area (TPSA) is 57.3 Å². The minimum atomic E-state index is -4.45. The molecule has 5 nitrogen and oxygen atoms in total. The van der Waals surface area contributed by atoms with E-state index in [1.54, 1.807) is 4.90 Å². The van der Waals surface area contributed by atoms with Crippen molar-refractivity contribution in [2.24, 2.45) is 0 Å². The number of anilines is 2. The number of hydrogen-bond acceptors (Lipinski definition) is 4. The highest BCUT2D eigenvalue weighted by Gasteiger charge is 2.35. The number of nitrogens with one attached hydrogen (secondary N) is 2. The van der Waals surface area contributed by atoms with Gasteiger partial charge in [-0.05, 0) is 25.0 Å². The van der Waals surface area contributed by atoms with Crippen molar-refractivity contribution in [3.8, 4) is 0 Å². The lowest BCUT2D eigenvalue weighted by Gasteiger charge is -2.25. The van der Waals surface area contributed by atoms with Crippen LogP contribution in [0.2, 0.25) is 0 Å². The maximum atomic E-state index is 12.9. The standard InChI is InChI=1S/C13H17F3N4O/c1-17-10-6-8(13(14,15)16)7-11(19-10)20-5-3-4-9(20)12(21)18-2/h6-7,9H,3-5H2,1-2H3,(H,17,19)(H,18,21). The Labute approximate surface area is 120 Å². The average molecular weight is 302 g/mol. The number of pyridine rings is 1. The molecule has 1 aromatic heterocycles. The zero-order chi connectivity index (χ0) is 15.6. The normalized spacial score (nSPS) is 18.7. The average Bonchev–Trinajstić information content (AvgIpc) is 2.94. The smallest absolute Gasteiger partial charge is 0.373 e. The molecule has 1 aliphatic heterocycles. The predicted octanol–water partition coefficient (Wildman–Crippen LogP) is 1.86. The molecule has 1 atom stereocenters. The quantitative estimate of drug-likeness (QED) is 0.895. The van der Waals surface area contributed by atoms with Crippen LogP contribution in [0.25, 0.3) is 0 Å². The van der Waals surface area contributed by atoms with Gasteiger partial charge in [-0.25, -0.2) is 4.98 Å². The Bertz CT molecular complexity index is 533. The van der Waals surface area contributed by atoms with E-state index in [9.17, 15) is 18.0 Å². The van der Waals surface area contributed by atoms with Crippen molar-refractivity contribution in [2.75, 3.05) is 30.9 Å². The van der Waals surface area contributed by atoms with E-state index in [-0.39, 0.29) is 17.5 Å². The van der Waals surface area contributed by atoms with E-state index >= 15 is 0 Å². The molecular weight excluding hydrogens is 285 g/mol. The van der Waals surface area contributed by atoms with Crippen LogP contribution in [0.3, 0.4) is 0 Å². The van der Waals surface area contributed by atoms with Crippen molar-refractivity contribution in [2.45, 2.75) is 25.1 Å². The Morgan fingerprint density at radius 1 is 1.38 bits per heavy atom. The fraction of sp³-hybridized carbons (Fsp3) is 0.538. The monoisotopic (exact) mass is 302 g/mol. The second-order valence-electron chi connectivity index (χ2n) is 4.81. The summed E-state index contributed by atoms with van der Waals surface area (Å²) in [5, 5.41) is 5.16. The molecule has 1 amide bonds. The second kappa shape index (κ2) is 5.79. The van der Waals surface area contributed by atoms with Crippen LogP contribution in [0.1, 0.15) is 18.4 Å². The molecule has 0 saturated carbocycles. The molecule has 0 radical (unpaired) electrons. The summed E-state index contributed by atoms with van der Waals surface area (Å²) in [6.45, 7) is 0.509. The number of carbonyl (C=O) groups is 1. The van der Waals surface area contributed by atoms with E-state index in [0.717, 1.165) is 18.6 Å². The fourth-order valence-corrected chi connectivity index (χ4v) is 2.43. The molecule has 1 aliphatic rings. The van der Waals surface area contributed by atoms with Crippen LogP contribution in [-0.2, 0) is 11.0 Å². The maximum absolute atomic E-state index is 12.9. The van der Waals surface area contributed by atoms with E-state index in [1.807, 2.05) is 0 Å². The number of carbonyl (C=O) groups excluding carboxylic acids is 1. The number of halogens is 3. The second-order valence-corrected chi connectivity index (χ2v) is 4.81. The van der Waals surface area contributed by atoms with Crippen molar-refractivity contribution in [1.82, 2.24) is 10.3 Å². The van der Waals surface area contributed by atoms with Gasteiger partial charge in [-0.2, -0.15) is 13.2 Å². The molecule has 8 heteroatoms. The molecule has 0 bridgehead atoms. The van der Waals surface area contributed by atoms with E-state index in [1.165, 1.54) is 14.1 Å². The highest BCUT2D eigenvalue weighted by molar-refractivity contribution is 5.85. The molecule has 0 aliphatic carbocycles. The van der Waals surface area contributed by atoms with Crippen molar-refractivity contribution < 1.29 is 18.0 Å². The fourth-order valence-electron chi connectivity index (χ4n) is 2.43. The third-order valence-corrected chi connectivity index (χ3v) is 3.49. The first-order valence-electron chi connectivity index (χ1n) is 6.62. The van der Waals surface area contributed by atoms with Crippen molar-refractivity contribution in [1.29, 1.82) is 0 Å². The van der Waals surface area contributed by atoms with E-state index < -0.39 is 17.8 Å². The van der Waals surface area contributed by atoms with E-state index in [2.05, 4.69) is 15.6 Å².